The van der Waals surface area contributed by atoms with Crippen LogP contribution < -0.4 is 5.32 Å². The molecule has 4 nitrogen and oxygen atoms in total. The Bertz CT molecular complexity index is 528. The fraction of sp³-hybridized carbons (Fsp3) is 0.154. The van der Waals surface area contributed by atoms with Gasteiger partial charge in [0.25, 0.3) is 5.91 Å². The average Bonchev–Trinajstić information content (AvgIpc) is 2.40. The highest BCUT2D eigenvalue weighted by Gasteiger charge is 2.11. The van der Waals surface area contributed by atoms with E-state index in [4.69, 9.17) is 11.6 Å². The van der Waals surface area contributed by atoms with Gasteiger partial charge in [0, 0.05) is 18.6 Å². The predicted molar refractivity (Wildman–Crippen MR) is 69.4 cm³/mol. The van der Waals surface area contributed by atoms with Gasteiger partial charge in [-0.2, -0.15) is 0 Å². The van der Waals surface area contributed by atoms with Crippen LogP contribution in [-0.2, 0) is 0 Å². The topological polar surface area (TPSA) is 54.9 Å². The Morgan fingerprint density at radius 3 is 2.78 bits per heavy atom. The minimum Gasteiger partial charge on any atom is -0.345 e. The highest BCUT2D eigenvalue weighted by Crippen LogP contribution is 2.14. The van der Waals surface area contributed by atoms with E-state index in [1.54, 1.807) is 30.6 Å². The van der Waals surface area contributed by atoms with Gasteiger partial charge in [-0.1, -0.05) is 17.7 Å². The van der Waals surface area contributed by atoms with Gasteiger partial charge in [0.05, 0.1) is 11.6 Å². The summed E-state index contributed by atoms with van der Waals surface area (Å²) < 4.78 is 0. The zero-order chi connectivity index (χ0) is 13.0. The summed E-state index contributed by atoms with van der Waals surface area (Å²) >= 11 is 5.71. The highest BCUT2D eigenvalue weighted by molar-refractivity contribution is 6.29. The molecule has 0 fully saturated rings. The van der Waals surface area contributed by atoms with Crippen LogP contribution >= 0.6 is 11.6 Å². The van der Waals surface area contributed by atoms with Crippen molar-refractivity contribution < 1.29 is 4.79 Å². The summed E-state index contributed by atoms with van der Waals surface area (Å²) in [6.45, 7) is 1.89. The number of nitrogens with zero attached hydrogens (tertiary/aromatic N) is 2. The molecule has 0 radical (unpaired) electrons. The zero-order valence-electron chi connectivity index (χ0n) is 9.80. The lowest BCUT2D eigenvalue weighted by Gasteiger charge is -2.13. The van der Waals surface area contributed by atoms with Crippen molar-refractivity contribution >= 4 is 17.5 Å². The number of amides is 1. The Hall–Kier alpha value is -1.94. The summed E-state index contributed by atoms with van der Waals surface area (Å²) in [6.07, 6.45) is 4.81. The molecule has 0 saturated carbocycles. The Morgan fingerprint density at radius 1 is 1.33 bits per heavy atom. The Labute approximate surface area is 110 Å². The van der Waals surface area contributed by atoms with Crippen LogP contribution in [-0.4, -0.2) is 15.9 Å². The third-order valence-corrected chi connectivity index (χ3v) is 2.75. The minimum atomic E-state index is -0.162. The first-order chi connectivity index (χ1) is 8.66. The summed E-state index contributed by atoms with van der Waals surface area (Å²) in [7, 11) is 0. The quantitative estimate of drug-likeness (QED) is 0.864. The Balaban J connectivity index is 2.06. The Morgan fingerprint density at radius 2 is 2.17 bits per heavy atom. The van der Waals surface area contributed by atoms with Gasteiger partial charge in [-0.3, -0.25) is 9.78 Å². The number of nitrogens with one attached hydrogen (secondary N) is 1. The number of carbonyl (C=O) groups excluding carboxylic acids is 1. The second kappa shape index (κ2) is 5.60. The van der Waals surface area contributed by atoms with Gasteiger partial charge < -0.3 is 5.32 Å². The van der Waals surface area contributed by atoms with E-state index in [1.165, 1.54) is 6.20 Å². The van der Waals surface area contributed by atoms with E-state index < -0.39 is 0 Å². The van der Waals surface area contributed by atoms with Crippen molar-refractivity contribution in [2.75, 3.05) is 0 Å². The van der Waals surface area contributed by atoms with Crippen LogP contribution in [0.3, 0.4) is 0 Å². The van der Waals surface area contributed by atoms with Gasteiger partial charge in [0.1, 0.15) is 5.15 Å². The molecular formula is C13H12ClN3O. The van der Waals surface area contributed by atoms with E-state index in [0.29, 0.717) is 10.7 Å². The van der Waals surface area contributed by atoms with Gasteiger partial charge in [-0.25, -0.2) is 4.98 Å². The number of rotatable bonds is 3. The van der Waals surface area contributed by atoms with Gasteiger partial charge in [-0.15, -0.1) is 0 Å². The number of halogens is 1. The molecule has 1 N–H and O–H groups in total. The fourth-order valence-electron chi connectivity index (χ4n) is 1.50. The number of aromatic nitrogens is 2. The number of hydrogen-bond acceptors (Lipinski definition) is 3. The van der Waals surface area contributed by atoms with Crippen molar-refractivity contribution in [3.63, 3.8) is 0 Å². The van der Waals surface area contributed by atoms with Crippen LogP contribution in [0.15, 0.2) is 42.9 Å². The molecule has 0 aliphatic heterocycles. The van der Waals surface area contributed by atoms with Gasteiger partial charge >= 0.3 is 0 Å². The SMILES string of the molecule is C[C@H](NC(=O)c1cccnc1)c1ccc(Cl)nc1. The maximum absolute atomic E-state index is 11.9. The predicted octanol–water partition coefficient (Wildman–Crippen LogP) is 2.62. The van der Waals surface area contributed by atoms with Crippen LogP contribution in [0.1, 0.15) is 28.9 Å². The maximum Gasteiger partial charge on any atom is 0.253 e. The lowest BCUT2D eigenvalue weighted by atomic mass is 10.1. The molecule has 0 unspecified atom stereocenters. The van der Waals surface area contributed by atoms with Crippen molar-refractivity contribution in [3.8, 4) is 0 Å². The maximum atomic E-state index is 11.9. The molecule has 2 heterocycles. The second-order valence-electron chi connectivity index (χ2n) is 3.85. The molecule has 1 amide bonds. The van der Waals surface area contributed by atoms with E-state index in [1.807, 2.05) is 13.0 Å². The minimum absolute atomic E-state index is 0.137. The van der Waals surface area contributed by atoms with E-state index in [-0.39, 0.29) is 11.9 Å². The lowest BCUT2D eigenvalue weighted by Crippen LogP contribution is -2.26. The molecule has 0 saturated heterocycles. The van der Waals surface area contributed by atoms with E-state index in [0.717, 1.165) is 5.56 Å². The molecule has 0 bridgehead atoms. The lowest BCUT2D eigenvalue weighted by molar-refractivity contribution is 0.0939. The van der Waals surface area contributed by atoms with Gasteiger partial charge in [0.15, 0.2) is 0 Å². The largest absolute Gasteiger partial charge is 0.345 e. The van der Waals surface area contributed by atoms with Gasteiger partial charge in [-0.05, 0) is 30.7 Å². The fourth-order valence-corrected chi connectivity index (χ4v) is 1.62. The van der Waals surface area contributed by atoms with Crippen molar-refractivity contribution in [2.24, 2.45) is 0 Å². The number of carbonyl (C=O) groups is 1. The Kier molecular flexibility index (Phi) is 3.89. The van der Waals surface area contributed by atoms with Gasteiger partial charge in [0.2, 0.25) is 0 Å². The van der Waals surface area contributed by atoms with Crippen LogP contribution in [0.25, 0.3) is 0 Å². The first kappa shape index (κ1) is 12.5. The van der Waals surface area contributed by atoms with E-state index in [2.05, 4.69) is 15.3 Å². The molecule has 2 rings (SSSR count). The number of hydrogen-bond donors (Lipinski definition) is 1. The van der Waals surface area contributed by atoms with Crippen molar-refractivity contribution in [1.29, 1.82) is 0 Å². The summed E-state index contributed by atoms with van der Waals surface area (Å²) in [5, 5.41) is 3.30. The first-order valence-electron chi connectivity index (χ1n) is 5.49. The third kappa shape index (κ3) is 3.05. The van der Waals surface area contributed by atoms with Crippen LogP contribution in [0.4, 0.5) is 0 Å². The molecular weight excluding hydrogens is 250 g/mol. The summed E-state index contributed by atoms with van der Waals surface area (Å²) in [5.74, 6) is -0.162. The molecule has 0 aliphatic carbocycles. The molecule has 2 aromatic heterocycles. The molecule has 0 aromatic carbocycles. The first-order valence-corrected chi connectivity index (χ1v) is 5.87. The molecule has 5 heteroatoms. The number of pyridine rings is 2. The molecule has 2 aromatic rings. The molecule has 0 spiro atoms. The van der Waals surface area contributed by atoms with Crippen molar-refractivity contribution in [1.82, 2.24) is 15.3 Å². The summed E-state index contributed by atoms with van der Waals surface area (Å²) in [4.78, 5) is 19.8. The zero-order valence-corrected chi connectivity index (χ0v) is 10.6. The molecule has 92 valence electrons. The second-order valence-corrected chi connectivity index (χ2v) is 4.24. The average molecular weight is 262 g/mol. The molecule has 0 aliphatic rings. The smallest absolute Gasteiger partial charge is 0.253 e. The monoisotopic (exact) mass is 261 g/mol. The standard InChI is InChI=1S/C13H12ClN3O/c1-9(10-4-5-12(14)16-8-10)17-13(18)11-3-2-6-15-7-11/h2-9H,1H3,(H,17,18)/t9-/m0/s1. The normalized spacial score (nSPS) is 11.9. The summed E-state index contributed by atoms with van der Waals surface area (Å²) in [6, 6.07) is 6.84. The van der Waals surface area contributed by atoms with Crippen molar-refractivity contribution in [3.05, 3.63) is 59.1 Å². The van der Waals surface area contributed by atoms with E-state index in [9.17, 15) is 4.79 Å². The summed E-state index contributed by atoms with van der Waals surface area (Å²) in [5.41, 5.74) is 1.43. The van der Waals surface area contributed by atoms with Crippen LogP contribution in [0.5, 0.6) is 0 Å². The van der Waals surface area contributed by atoms with E-state index >= 15 is 0 Å². The molecule has 18 heavy (non-hydrogen) atoms. The highest BCUT2D eigenvalue weighted by atomic mass is 35.5. The molecule has 1 atom stereocenters. The van der Waals surface area contributed by atoms with Crippen LogP contribution in [0, 0.1) is 0 Å². The van der Waals surface area contributed by atoms with Crippen molar-refractivity contribution in [2.45, 2.75) is 13.0 Å². The van der Waals surface area contributed by atoms with Crippen LogP contribution in [0.2, 0.25) is 5.15 Å². The third-order valence-electron chi connectivity index (χ3n) is 2.52.